The highest BCUT2D eigenvalue weighted by atomic mass is 16.9. The van der Waals surface area contributed by atoms with Gasteiger partial charge in [-0.05, 0) is 0 Å². The molecule has 9 N–H and O–H groups in total. The van der Waals surface area contributed by atoms with Crippen LogP contribution in [0, 0.1) is 5.92 Å². The summed E-state index contributed by atoms with van der Waals surface area (Å²) in [4.78, 5) is 3.57. The third-order valence-electron chi connectivity index (χ3n) is 5.40. The first-order chi connectivity index (χ1) is 10.6. The van der Waals surface area contributed by atoms with Gasteiger partial charge in [-0.15, -0.1) is 0 Å². The summed E-state index contributed by atoms with van der Waals surface area (Å²) in [5.74, 6) is -4.70. The lowest BCUT2D eigenvalue weighted by atomic mass is 9.55. The minimum Gasteiger partial charge on any atom is -0.393 e. The highest BCUT2D eigenvalue weighted by molar-refractivity contribution is 5.79. The molecule has 0 unspecified atom stereocenters. The monoisotopic (exact) mass is 335 g/mol. The number of aliphatic hydroxyl groups is 6. The van der Waals surface area contributed by atoms with Crippen LogP contribution in [0.25, 0.3) is 0 Å². The van der Waals surface area contributed by atoms with Crippen molar-refractivity contribution >= 4 is 5.96 Å². The number of aliphatic hydroxyl groups excluding tert-OH is 4. The van der Waals surface area contributed by atoms with Crippen LogP contribution in [0.2, 0.25) is 0 Å². The van der Waals surface area contributed by atoms with Gasteiger partial charge in [0, 0.05) is 0 Å². The van der Waals surface area contributed by atoms with Crippen molar-refractivity contribution < 1.29 is 45.3 Å². The summed E-state index contributed by atoms with van der Waals surface area (Å²) in [6.07, 6.45) is -8.71. The quantitative estimate of drug-likeness (QED) is 0.227. The summed E-state index contributed by atoms with van der Waals surface area (Å²) in [7, 11) is 0. The standard InChI is InChI=1S/C11H17N3O9/c12-8-13-6(17)2-4-9(19,1-15)5-3(16)10(2,14(8)21)7(18)11(20,22-4)23-5/h2-7,15-21H,1H2,(H2,12,13)/t2-,3+,4-,5+,6-,7+,9+,10-,11+/m1/s1. The molecule has 0 radical (unpaired) electrons. The fourth-order valence-corrected chi connectivity index (χ4v) is 4.35. The van der Waals surface area contributed by atoms with Gasteiger partial charge in [0.25, 0.3) is 0 Å². The highest BCUT2D eigenvalue weighted by Gasteiger charge is 2.84. The van der Waals surface area contributed by atoms with Gasteiger partial charge in [-0.25, -0.2) is 10.1 Å². The molecule has 1 aliphatic carbocycles. The molecule has 4 fully saturated rings. The van der Waals surface area contributed by atoms with Gasteiger partial charge >= 0.3 is 5.97 Å². The van der Waals surface area contributed by atoms with Crippen LogP contribution in [-0.2, 0) is 9.47 Å². The van der Waals surface area contributed by atoms with Crippen molar-refractivity contribution in [2.45, 2.75) is 47.8 Å². The van der Waals surface area contributed by atoms with E-state index in [1.807, 2.05) is 0 Å². The predicted molar refractivity (Wildman–Crippen MR) is 66.2 cm³/mol. The SMILES string of the molecule is NC1=N[C@H](O)[C@H]2[C@H]3O[C@]4(O)O[C@@H]([C@H](O)[C@]2([C@@H]4O)N1O)[C@]3(O)CO. The molecular formula is C11H17N3O9. The number of nitrogens with zero attached hydrogens (tertiary/aromatic N) is 2. The Morgan fingerprint density at radius 2 is 1.78 bits per heavy atom. The molecule has 5 aliphatic rings. The number of hydroxylamine groups is 2. The largest absolute Gasteiger partial charge is 0.393 e. The third-order valence-corrected chi connectivity index (χ3v) is 5.40. The van der Waals surface area contributed by atoms with Crippen LogP contribution in [0.15, 0.2) is 4.99 Å². The molecule has 4 heterocycles. The summed E-state index contributed by atoms with van der Waals surface area (Å²) >= 11 is 0. The number of hydrogen-bond donors (Lipinski definition) is 8. The van der Waals surface area contributed by atoms with Gasteiger partial charge in [0.1, 0.15) is 29.5 Å². The second-order valence-corrected chi connectivity index (χ2v) is 6.33. The Hall–Kier alpha value is -1.09. The molecule has 0 aromatic carbocycles. The van der Waals surface area contributed by atoms with Crippen LogP contribution in [-0.4, -0.2) is 101 Å². The van der Waals surface area contributed by atoms with Gasteiger partial charge in [0.2, 0.25) is 5.96 Å². The van der Waals surface area contributed by atoms with E-state index in [1.54, 1.807) is 0 Å². The van der Waals surface area contributed by atoms with Crippen molar-refractivity contribution in [2.24, 2.45) is 16.6 Å². The fraction of sp³-hybridized carbons (Fsp3) is 0.909. The Morgan fingerprint density at radius 3 is 2.39 bits per heavy atom. The van der Waals surface area contributed by atoms with Gasteiger partial charge < -0.3 is 45.8 Å². The topological polar surface area (TPSA) is 202 Å². The first kappa shape index (κ1) is 15.4. The first-order valence-corrected chi connectivity index (χ1v) is 6.92. The molecule has 4 bridgehead atoms. The molecule has 0 amide bonds. The van der Waals surface area contributed by atoms with Gasteiger partial charge in [-0.1, -0.05) is 0 Å². The van der Waals surface area contributed by atoms with E-state index in [0.29, 0.717) is 0 Å². The van der Waals surface area contributed by atoms with Crippen LogP contribution in [0.5, 0.6) is 0 Å². The smallest absolute Gasteiger partial charge is 0.311 e. The van der Waals surface area contributed by atoms with Crippen molar-refractivity contribution in [2.75, 3.05) is 6.61 Å². The van der Waals surface area contributed by atoms with E-state index in [-0.39, 0.29) is 5.06 Å². The fourth-order valence-electron chi connectivity index (χ4n) is 4.35. The number of ether oxygens (including phenoxy) is 2. The summed E-state index contributed by atoms with van der Waals surface area (Å²) in [6, 6.07) is 0. The van der Waals surface area contributed by atoms with Gasteiger partial charge in [0.15, 0.2) is 12.3 Å². The van der Waals surface area contributed by atoms with E-state index in [1.165, 1.54) is 0 Å². The van der Waals surface area contributed by atoms with Gasteiger partial charge in [-0.2, -0.15) is 0 Å². The number of hydrogen-bond acceptors (Lipinski definition) is 12. The van der Waals surface area contributed by atoms with Crippen molar-refractivity contribution in [3.8, 4) is 0 Å². The van der Waals surface area contributed by atoms with Crippen LogP contribution in [0.4, 0.5) is 0 Å². The Kier molecular flexibility index (Phi) is 2.76. The van der Waals surface area contributed by atoms with E-state index in [4.69, 9.17) is 15.2 Å². The van der Waals surface area contributed by atoms with E-state index >= 15 is 0 Å². The van der Waals surface area contributed by atoms with Gasteiger partial charge in [0.05, 0.1) is 12.5 Å². The lowest BCUT2D eigenvalue weighted by Gasteiger charge is -2.72. The number of rotatable bonds is 1. The predicted octanol–water partition coefficient (Wildman–Crippen LogP) is -5.42. The molecule has 130 valence electrons. The molecule has 3 saturated heterocycles. The Balaban J connectivity index is 1.99. The molecule has 9 atom stereocenters. The average Bonchev–Trinajstić information content (AvgIpc) is 2.49. The Labute approximate surface area is 128 Å². The Morgan fingerprint density at radius 1 is 1.17 bits per heavy atom. The molecule has 12 nitrogen and oxygen atoms in total. The summed E-state index contributed by atoms with van der Waals surface area (Å²) in [5, 5.41) is 72.4. The van der Waals surface area contributed by atoms with E-state index < -0.39 is 66.2 Å². The molecule has 1 spiro atoms. The molecular weight excluding hydrogens is 318 g/mol. The van der Waals surface area contributed by atoms with Gasteiger partial charge in [-0.3, -0.25) is 5.21 Å². The lowest BCUT2D eigenvalue weighted by Crippen LogP contribution is -2.95. The zero-order valence-electron chi connectivity index (χ0n) is 11.6. The molecule has 0 aromatic heterocycles. The average molecular weight is 335 g/mol. The van der Waals surface area contributed by atoms with Crippen LogP contribution < -0.4 is 5.73 Å². The van der Waals surface area contributed by atoms with E-state index in [2.05, 4.69) is 4.99 Å². The van der Waals surface area contributed by atoms with Crippen LogP contribution >= 0.6 is 0 Å². The second-order valence-electron chi connectivity index (χ2n) is 6.33. The zero-order chi connectivity index (χ0) is 16.9. The number of aliphatic imine (C=N–C) groups is 1. The highest BCUT2D eigenvalue weighted by Crippen LogP contribution is 2.60. The number of nitrogens with two attached hydrogens (primary N) is 1. The summed E-state index contributed by atoms with van der Waals surface area (Å²) in [6.45, 7) is -0.935. The lowest BCUT2D eigenvalue weighted by molar-refractivity contribution is -0.562. The minimum atomic E-state index is -2.68. The molecule has 0 aromatic rings. The van der Waals surface area contributed by atoms with Crippen molar-refractivity contribution in [3.05, 3.63) is 0 Å². The summed E-state index contributed by atoms with van der Waals surface area (Å²) < 4.78 is 10.2. The van der Waals surface area contributed by atoms with Crippen molar-refractivity contribution in [3.63, 3.8) is 0 Å². The number of guanidine groups is 1. The zero-order valence-corrected chi connectivity index (χ0v) is 11.6. The third kappa shape index (κ3) is 1.37. The molecule has 4 aliphatic heterocycles. The molecule has 12 heteroatoms. The first-order valence-electron chi connectivity index (χ1n) is 6.92. The van der Waals surface area contributed by atoms with E-state index in [9.17, 15) is 35.8 Å². The maximum Gasteiger partial charge on any atom is 0.311 e. The van der Waals surface area contributed by atoms with Crippen LogP contribution in [0.1, 0.15) is 0 Å². The summed E-state index contributed by atoms with van der Waals surface area (Å²) in [5.41, 5.74) is 1.15. The molecule has 23 heavy (non-hydrogen) atoms. The van der Waals surface area contributed by atoms with Crippen molar-refractivity contribution in [1.29, 1.82) is 0 Å². The Bertz CT molecular complexity index is 591. The molecule has 1 saturated carbocycles. The second kappa shape index (κ2) is 4.11. The maximum atomic E-state index is 10.6. The maximum absolute atomic E-state index is 10.6. The van der Waals surface area contributed by atoms with E-state index in [0.717, 1.165) is 0 Å². The van der Waals surface area contributed by atoms with Crippen LogP contribution in [0.3, 0.4) is 0 Å². The van der Waals surface area contributed by atoms with Crippen molar-refractivity contribution in [1.82, 2.24) is 5.06 Å². The normalized spacial score (nSPS) is 60.7. The molecule has 5 rings (SSSR count). The minimum absolute atomic E-state index is 0.243.